The summed E-state index contributed by atoms with van der Waals surface area (Å²) in [6, 6.07) is 10.9. The van der Waals surface area contributed by atoms with E-state index in [1.807, 2.05) is 6.07 Å². The predicted molar refractivity (Wildman–Crippen MR) is 67.3 cm³/mol. The second-order valence-corrected chi connectivity index (χ2v) is 4.46. The van der Waals surface area contributed by atoms with Crippen molar-refractivity contribution in [3.05, 3.63) is 35.9 Å². The Kier molecular flexibility index (Phi) is 3.93. The van der Waals surface area contributed by atoms with Crippen molar-refractivity contribution in [2.45, 2.75) is 19.0 Å². The smallest absolute Gasteiger partial charge is 0.0450 e. The van der Waals surface area contributed by atoms with Crippen LogP contribution in [0, 0.1) is 0 Å². The number of benzene rings is 1. The highest BCUT2D eigenvalue weighted by atomic mass is 15.2. The molecule has 2 rings (SSSR count). The lowest BCUT2D eigenvalue weighted by atomic mass is 10.00. The molecule has 88 valence electrons. The normalized spacial score (nSPS) is 21.6. The summed E-state index contributed by atoms with van der Waals surface area (Å²) in [5, 5.41) is 3.37. The number of hydrogen-bond acceptors (Lipinski definition) is 3. The average molecular weight is 219 g/mol. The third-order valence-corrected chi connectivity index (χ3v) is 3.43. The van der Waals surface area contributed by atoms with Crippen molar-refractivity contribution in [3.63, 3.8) is 0 Å². The zero-order valence-corrected chi connectivity index (χ0v) is 9.89. The van der Waals surface area contributed by atoms with Crippen molar-refractivity contribution in [3.8, 4) is 0 Å². The van der Waals surface area contributed by atoms with Crippen molar-refractivity contribution >= 4 is 0 Å². The molecule has 3 N–H and O–H groups in total. The summed E-state index contributed by atoms with van der Waals surface area (Å²) in [5.74, 6) is 0. The van der Waals surface area contributed by atoms with E-state index in [0.29, 0.717) is 6.04 Å². The lowest BCUT2D eigenvalue weighted by Crippen LogP contribution is -2.50. The van der Waals surface area contributed by atoms with E-state index in [1.165, 1.54) is 5.56 Å². The van der Waals surface area contributed by atoms with Gasteiger partial charge in [0.15, 0.2) is 0 Å². The van der Waals surface area contributed by atoms with Gasteiger partial charge in [0.1, 0.15) is 0 Å². The van der Waals surface area contributed by atoms with Gasteiger partial charge in [-0.1, -0.05) is 30.3 Å². The van der Waals surface area contributed by atoms with Gasteiger partial charge in [0.2, 0.25) is 0 Å². The van der Waals surface area contributed by atoms with E-state index in [1.54, 1.807) is 0 Å². The van der Waals surface area contributed by atoms with Gasteiger partial charge in [-0.25, -0.2) is 0 Å². The maximum Gasteiger partial charge on any atom is 0.0450 e. The molecule has 1 heterocycles. The summed E-state index contributed by atoms with van der Waals surface area (Å²) in [5.41, 5.74) is 7.54. The molecule has 0 bridgehead atoms. The van der Waals surface area contributed by atoms with Crippen molar-refractivity contribution in [1.82, 2.24) is 10.2 Å². The number of nitrogens with one attached hydrogen (secondary N) is 1. The minimum Gasteiger partial charge on any atom is -0.323 e. The van der Waals surface area contributed by atoms with Crippen LogP contribution in [0.1, 0.15) is 18.5 Å². The fourth-order valence-corrected chi connectivity index (χ4v) is 2.27. The molecule has 2 atom stereocenters. The van der Waals surface area contributed by atoms with Gasteiger partial charge in [0.05, 0.1) is 0 Å². The number of rotatable bonds is 3. The maximum absolute atomic E-state index is 6.31. The van der Waals surface area contributed by atoms with Crippen molar-refractivity contribution in [2.75, 3.05) is 26.2 Å². The number of nitrogens with zero attached hydrogens (tertiary/aromatic N) is 1. The van der Waals surface area contributed by atoms with E-state index in [2.05, 4.69) is 41.4 Å². The van der Waals surface area contributed by atoms with Crippen LogP contribution in [-0.4, -0.2) is 37.1 Å². The van der Waals surface area contributed by atoms with Gasteiger partial charge in [0.25, 0.3) is 0 Å². The zero-order chi connectivity index (χ0) is 11.4. The zero-order valence-electron chi connectivity index (χ0n) is 9.89. The molecule has 0 spiro atoms. The Bertz CT molecular complexity index is 306. The maximum atomic E-state index is 6.31. The first kappa shape index (κ1) is 11.6. The summed E-state index contributed by atoms with van der Waals surface area (Å²) in [4.78, 5) is 2.47. The first-order chi connectivity index (χ1) is 7.79. The monoisotopic (exact) mass is 219 g/mol. The van der Waals surface area contributed by atoms with Crippen molar-refractivity contribution in [1.29, 1.82) is 0 Å². The standard InChI is InChI=1S/C13H21N3/c1-11(16-9-7-15-8-10-16)13(14)12-5-3-2-4-6-12/h2-6,11,13,15H,7-10,14H2,1H3. The van der Waals surface area contributed by atoms with Crippen LogP contribution in [0.15, 0.2) is 30.3 Å². The summed E-state index contributed by atoms with van der Waals surface area (Å²) < 4.78 is 0. The Labute approximate surface area is 97.6 Å². The molecule has 1 aromatic rings. The minimum atomic E-state index is 0.110. The summed E-state index contributed by atoms with van der Waals surface area (Å²) >= 11 is 0. The lowest BCUT2D eigenvalue weighted by molar-refractivity contribution is 0.163. The SMILES string of the molecule is CC(C(N)c1ccccc1)N1CCNCC1. The molecule has 2 unspecified atom stereocenters. The molecule has 1 fully saturated rings. The van der Waals surface area contributed by atoms with Crippen molar-refractivity contribution < 1.29 is 0 Å². The summed E-state index contributed by atoms with van der Waals surface area (Å²) in [6.07, 6.45) is 0. The van der Waals surface area contributed by atoms with Crippen LogP contribution < -0.4 is 11.1 Å². The minimum absolute atomic E-state index is 0.110. The Morgan fingerprint density at radius 1 is 1.19 bits per heavy atom. The second kappa shape index (κ2) is 5.43. The lowest BCUT2D eigenvalue weighted by Gasteiger charge is -2.36. The van der Waals surface area contributed by atoms with Gasteiger partial charge in [-0.3, -0.25) is 4.90 Å². The Morgan fingerprint density at radius 3 is 2.44 bits per heavy atom. The highest BCUT2D eigenvalue weighted by Gasteiger charge is 2.22. The topological polar surface area (TPSA) is 41.3 Å². The molecule has 0 amide bonds. The molecule has 0 aromatic heterocycles. The molecule has 0 saturated carbocycles. The molecule has 1 aromatic carbocycles. The molecule has 3 nitrogen and oxygen atoms in total. The predicted octanol–water partition coefficient (Wildman–Crippen LogP) is 0.980. The molecule has 1 aliphatic heterocycles. The van der Waals surface area contributed by atoms with E-state index in [0.717, 1.165) is 26.2 Å². The van der Waals surface area contributed by atoms with E-state index in [4.69, 9.17) is 5.73 Å². The first-order valence-electron chi connectivity index (χ1n) is 6.04. The van der Waals surface area contributed by atoms with Gasteiger partial charge in [-0.2, -0.15) is 0 Å². The summed E-state index contributed by atoms with van der Waals surface area (Å²) in [6.45, 7) is 6.57. The van der Waals surface area contributed by atoms with E-state index in [-0.39, 0.29) is 6.04 Å². The number of piperazine rings is 1. The van der Waals surface area contributed by atoms with E-state index in [9.17, 15) is 0 Å². The number of nitrogens with two attached hydrogens (primary N) is 1. The van der Waals surface area contributed by atoms with Crippen molar-refractivity contribution in [2.24, 2.45) is 5.73 Å². The van der Waals surface area contributed by atoms with Crippen LogP contribution in [0.5, 0.6) is 0 Å². The van der Waals surface area contributed by atoms with Crippen LogP contribution in [0.3, 0.4) is 0 Å². The van der Waals surface area contributed by atoms with Crippen LogP contribution in [-0.2, 0) is 0 Å². The fourth-order valence-electron chi connectivity index (χ4n) is 2.27. The van der Waals surface area contributed by atoms with Crippen LogP contribution in [0.25, 0.3) is 0 Å². The third-order valence-electron chi connectivity index (χ3n) is 3.43. The first-order valence-corrected chi connectivity index (χ1v) is 6.04. The highest BCUT2D eigenvalue weighted by Crippen LogP contribution is 2.18. The van der Waals surface area contributed by atoms with Crippen LogP contribution in [0.4, 0.5) is 0 Å². The second-order valence-electron chi connectivity index (χ2n) is 4.46. The molecule has 3 heteroatoms. The Hall–Kier alpha value is -0.900. The molecule has 0 aliphatic carbocycles. The quantitative estimate of drug-likeness (QED) is 0.796. The number of hydrogen-bond donors (Lipinski definition) is 2. The highest BCUT2D eigenvalue weighted by molar-refractivity contribution is 5.19. The van der Waals surface area contributed by atoms with E-state index >= 15 is 0 Å². The van der Waals surface area contributed by atoms with Gasteiger partial charge < -0.3 is 11.1 Å². The van der Waals surface area contributed by atoms with Gasteiger partial charge in [-0.15, -0.1) is 0 Å². The average Bonchev–Trinajstić information content (AvgIpc) is 2.39. The van der Waals surface area contributed by atoms with Gasteiger partial charge in [0, 0.05) is 38.3 Å². The van der Waals surface area contributed by atoms with Crippen LogP contribution in [0.2, 0.25) is 0 Å². The largest absolute Gasteiger partial charge is 0.323 e. The van der Waals surface area contributed by atoms with Gasteiger partial charge in [-0.05, 0) is 12.5 Å². The Morgan fingerprint density at radius 2 is 1.81 bits per heavy atom. The molecule has 1 saturated heterocycles. The molecule has 0 radical (unpaired) electrons. The molecular weight excluding hydrogens is 198 g/mol. The molecule has 1 aliphatic rings. The Balaban J connectivity index is 2.00. The third kappa shape index (κ3) is 2.61. The van der Waals surface area contributed by atoms with E-state index < -0.39 is 0 Å². The fraction of sp³-hybridized carbons (Fsp3) is 0.538. The molecular formula is C13H21N3. The summed E-state index contributed by atoms with van der Waals surface area (Å²) in [7, 11) is 0. The molecule has 16 heavy (non-hydrogen) atoms. The van der Waals surface area contributed by atoms with Crippen LogP contribution >= 0.6 is 0 Å². The van der Waals surface area contributed by atoms with Gasteiger partial charge >= 0.3 is 0 Å².